The van der Waals surface area contributed by atoms with E-state index in [4.69, 9.17) is 17.0 Å². The van der Waals surface area contributed by atoms with Crippen molar-refractivity contribution in [2.75, 3.05) is 11.9 Å². The summed E-state index contributed by atoms with van der Waals surface area (Å²) in [6, 6.07) is 13.8. The molecule has 0 atom stereocenters. The molecular weight excluding hydrogens is 374 g/mol. The van der Waals surface area contributed by atoms with Gasteiger partial charge in [-0.25, -0.2) is 0 Å². The summed E-state index contributed by atoms with van der Waals surface area (Å²) in [6.07, 6.45) is 0. The van der Waals surface area contributed by atoms with Gasteiger partial charge in [0.2, 0.25) is 0 Å². The maximum atomic E-state index is 12.5. The maximum Gasteiger partial charge on any atom is 0.261 e. The molecule has 2 aromatic rings. The molecular formula is C21H25N3O3S. The first-order valence-electron chi connectivity index (χ1n) is 8.96. The van der Waals surface area contributed by atoms with Crippen molar-refractivity contribution in [3.63, 3.8) is 0 Å². The van der Waals surface area contributed by atoms with E-state index in [-0.39, 0.29) is 22.5 Å². The molecule has 0 aliphatic carbocycles. The van der Waals surface area contributed by atoms with Gasteiger partial charge < -0.3 is 15.4 Å². The van der Waals surface area contributed by atoms with Gasteiger partial charge in [0.1, 0.15) is 5.75 Å². The van der Waals surface area contributed by atoms with E-state index in [0.717, 1.165) is 0 Å². The number of rotatable bonds is 5. The van der Waals surface area contributed by atoms with Crippen molar-refractivity contribution in [2.45, 2.75) is 33.2 Å². The van der Waals surface area contributed by atoms with Crippen molar-refractivity contribution in [1.82, 2.24) is 10.6 Å². The van der Waals surface area contributed by atoms with Crippen LogP contribution in [0, 0.1) is 0 Å². The molecule has 0 saturated heterocycles. The molecule has 2 aromatic carbocycles. The SMILES string of the molecule is CCOc1ccccc1C(=O)NC(=S)Nc1cccc(C(=O)NC(C)(C)C)c1. The van der Waals surface area contributed by atoms with E-state index in [2.05, 4.69) is 16.0 Å². The number of thiocarbonyl (C=S) groups is 1. The lowest BCUT2D eigenvalue weighted by Gasteiger charge is -2.20. The molecule has 7 heteroatoms. The molecule has 0 aliphatic rings. The van der Waals surface area contributed by atoms with Crippen LogP contribution in [0.1, 0.15) is 48.4 Å². The summed E-state index contributed by atoms with van der Waals surface area (Å²) in [5.41, 5.74) is 1.16. The van der Waals surface area contributed by atoms with Crippen LogP contribution in [0.15, 0.2) is 48.5 Å². The molecule has 2 rings (SSSR count). The zero-order valence-electron chi connectivity index (χ0n) is 16.5. The van der Waals surface area contributed by atoms with Crippen molar-refractivity contribution >= 4 is 34.8 Å². The van der Waals surface area contributed by atoms with E-state index < -0.39 is 0 Å². The third-order valence-electron chi connectivity index (χ3n) is 3.53. The summed E-state index contributed by atoms with van der Waals surface area (Å²) in [7, 11) is 0. The predicted octanol–water partition coefficient (Wildman–Crippen LogP) is 3.74. The molecule has 2 amide bonds. The number of carbonyl (C=O) groups excluding carboxylic acids is 2. The van der Waals surface area contributed by atoms with Crippen LogP contribution in [0.5, 0.6) is 5.75 Å². The Morgan fingerprint density at radius 2 is 1.75 bits per heavy atom. The van der Waals surface area contributed by atoms with Crippen molar-refractivity contribution in [2.24, 2.45) is 0 Å². The van der Waals surface area contributed by atoms with E-state index in [1.54, 1.807) is 48.5 Å². The molecule has 0 unspecified atom stereocenters. The summed E-state index contributed by atoms with van der Waals surface area (Å²) in [6.45, 7) is 8.05. The molecule has 148 valence electrons. The average Bonchev–Trinajstić information content (AvgIpc) is 2.61. The lowest BCUT2D eigenvalue weighted by Crippen LogP contribution is -2.40. The lowest BCUT2D eigenvalue weighted by atomic mass is 10.1. The Kier molecular flexibility index (Phi) is 7.12. The van der Waals surface area contributed by atoms with Gasteiger partial charge in [-0.3, -0.25) is 14.9 Å². The smallest absolute Gasteiger partial charge is 0.261 e. The number of anilines is 1. The van der Waals surface area contributed by atoms with Gasteiger partial charge in [0.05, 0.1) is 12.2 Å². The highest BCUT2D eigenvalue weighted by atomic mass is 32.1. The fourth-order valence-electron chi connectivity index (χ4n) is 2.42. The van der Waals surface area contributed by atoms with Crippen LogP contribution in [-0.4, -0.2) is 29.1 Å². The van der Waals surface area contributed by atoms with Crippen molar-refractivity contribution in [3.8, 4) is 5.75 Å². The summed E-state index contributed by atoms with van der Waals surface area (Å²) in [4.78, 5) is 24.8. The minimum absolute atomic E-state index is 0.129. The van der Waals surface area contributed by atoms with E-state index in [1.807, 2.05) is 27.7 Å². The highest BCUT2D eigenvalue weighted by Crippen LogP contribution is 2.18. The number of carbonyl (C=O) groups is 2. The molecule has 0 bridgehead atoms. The van der Waals surface area contributed by atoms with Crippen LogP contribution in [0.25, 0.3) is 0 Å². The van der Waals surface area contributed by atoms with Crippen LogP contribution < -0.4 is 20.7 Å². The highest BCUT2D eigenvalue weighted by Gasteiger charge is 2.16. The standard InChI is InChI=1S/C21H25N3O3S/c1-5-27-17-12-7-6-11-16(17)19(26)23-20(28)22-15-10-8-9-14(13-15)18(25)24-21(2,3)4/h6-13H,5H2,1-4H3,(H,24,25)(H2,22,23,26,28). The van der Waals surface area contributed by atoms with Gasteiger partial charge in [0.25, 0.3) is 11.8 Å². The largest absolute Gasteiger partial charge is 0.493 e. The second-order valence-electron chi connectivity index (χ2n) is 7.12. The maximum absolute atomic E-state index is 12.5. The molecule has 0 saturated carbocycles. The van der Waals surface area contributed by atoms with Crippen LogP contribution >= 0.6 is 12.2 Å². The molecule has 6 nitrogen and oxygen atoms in total. The van der Waals surface area contributed by atoms with Gasteiger partial charge >= 0.3 is 0 Å². The van der Waals surface area contributed by atoms with E-state index in [1.165, 1.54) is 0 Å². The van der Waals surface area contributed by atoms with Gasteiger partial charge in [-0.1, -0.05) is 18.2 Å². The van der Waals surface area contributed by atoms with Crippen LogP contribution in [0.4, 0.5) is 5.69 Å². The fourth-order valence-corrected chi connectivity index (χ4v) is 2.63. The molecule has 0 aromatic heterocycles. The Labute approximate surface area is 170 Å². The number of hydrogen-bond donors (Lipinski definition) is 3. The highest BCUT2D eigenvalue weighted by molar-refractivity contribution is 7.80. The number of hydrogen-bond acceptors (Lipinski definition) is 4. The van der Waals surface area contributed by atoms with E-state index in [0.29, 0.717) is 29.2 Å². The molecule has 0 aliphatic heterocycles. The normalized spacial score (nSPS) is 10.7. The third-order valence-corrected chi connectivity index (χ3v) is 3.73. The molecule has 0 fully saturated rings. The molecule has 28 heavy (non-hydrogen) atoms. The zero-order valence-corrected chi connectivity index (χ0v) is 17.3. The number of ether oxygens (including phenoxy) is 1. The fraction of sp³-hybridized carbons (Fsp3) is 0.286. The summed E-state index contributed by atoms with van der Waals surface area (Å²) < 4.78 is 5.47. The number of amides is 2. The van der Waals surface area contributed by atoms with E-state index in [9.17, 15) is 9.59 Å². The van der Waals surface area contributed by atoms with E-state index >= 15 is 0 Å². The van der Waals surface area contributed by atoms with Gasteiger partial charge in [0, 0.05) is 16.8 Å². The monoisotopic (exact) mass is 399 g/mol. The topological polar surface area (TPSA) is 79.5 Å². The summed E-state index contributed by atoms with van der Waals surface area (Å²) in [5, 5.41) is 8.60. The third kappa shape index (κ3) is 6.35. The molecule has 0 radical (unpaired) electrons. The average molecular weight is 400 g/mol. The Balaban J connectivity index is 2.05. The van der Waals surface area contributed by atoms with Gasteiger partial charge in [-0.05, 0) is 70.2 Å². The van der Waals surface area contributed by atoms with Gasteiger partial charge in [0.15, 0.2) is 5.11 Å². The quantitative estimate of drug-likeness (QED) is 0.668. The zero-order chi connectivity index (χ0) is 20.7. The predicted molar refractivity (Wildman–Crippen MR) is 115 cm³/mol. The van der Waals surface area contributed by atoms with Crippen molar-refractivity contribution in [1.29, 1.82) is 0 Å². The second-order valence-corrected chi connectivity index (χ2v) is 7.53. The number of benzene rings is 2. The first kappa shape index (κ1) is 21.4. The van der Waals surface area contributed by atoms with Gasteiger partial charge in [-0.15, -0.1) is 0 Å². The first-order chi connectivity index (χ1) is 13.2. The number of para-hydroxylation sites is 1. The second kappa shape index (κ2) is 9.32. The minimum atomic E-state index is -0.372. The Morgan fingerprint density at radius 3 is 2.43 bits per heavy atom. The van der Waals surface area contributed by atoms with Crippen LogP contribution in [-0.2, 0) is 0 Å². The van der Waals surface area contributed by atoms with Crippen molar-refractivity contribution in [3.05, 3.63) is 59.7 Å². The van der Waals surface area contributed by atoms with Crippen LogP contribution in [0.2, 0.25) is 0 Å². The number of nitrogens with one attached hydrogen (secondary N) is 3. The molecule has 0 spiro atoms. The molecule has 3 N–H and O–H groups in total. The summed E-state index contributed by atoms with van der Waals surface area (Å²) >= 11 is 5.23. The first-order valence-corrected chi connectivity index (χ1v) is 9.37. The van der Waals surface area contributed by atoms with Crippen molar-refractivity contribution < 1.29 is 14.3 Å². The lowest BCUT2D eigenvalue weighted by molar-refractivity contribution is 0.0918. The minimum Gasteiger partial charge on any atom is -0.493 e. The molecule has 0 heterocycles. The van der Waals surface area contributed by atoms with Crippen LogP contribution in [0.3, 0.4) is 0 Å². The Bertz CT molecular complexity index is 875. The Morgan fingerprint density at radius 1 is 1.04 bits per heavy atom. The van der Waals surface area contributed by atoms with Gasteiger partial charge in [-0.2, -0.15) is 0 Å². The summed E-state index contributed by atoms with van der Waals surface area (Å²) in [5.74, 6) is -0.0638. The Hall–Kier alpha value is -2.93.